The van der Waals surface area contributed by atoms with E-state index >= 15 is 0 Å². The molecule has 88 valence electrons. The predicted octanol–water partition coefficient (Wildman–Crippen LogP) is -8.50. The molecule has 0 spiro atoms. The first-order chi connectivity index (χ1) is 6.54. The average molecular weight is 296 g/mol. The molecule has 0 aliphatic heterocycles. The standard InChI is InChI=1S/2C2H7O4P.2Na/c2*3-1-2-6-7(4)5;;/h2*3,7H,1-2H2,(H,4,5);;/q;;2*+1/p-2. The molecule has 0 saturated carbocycles. The molecule has 2 N–H and O–H groups in total. The first-order valence-electron chi connectivity index (χ1n) is 3.43. The van der Waals surface area contributed by atoms with Gasteiger partial charge >= 0.3 is 59.1 Å². The Morgan fingerprint density at radius 1 is 0.875 bits per heavy atom. The number of hydrogen-bond acceptors (Lipinski definition) is 8. The first kappa shape index (κ1) is 26.7. The van der Waals surface area contributed by atoms with Gasteiger partial charge in [0.25, 0.3) is 0 Å². The maximum absolute atomic E-state index is 9.50. The Hall–Kier alpha value is 2.22. The van der Waals surface area contributed by atoms with Crippen LogP contribution in [0.3, 0.4) is 0 Å². The van der Waals surface area contributed by atoms with E-state index in [2.05, 4.69) is 9.05 Å². The van der Waals surface area contributed by atoms with Crippen LogP contribution in [-0.2, 0) is 18.2 Å². The van der Waals surface area contributed by atoms with Crippen molar-refractivity contribution in [2.45, 2.75) is 0 Å². The van der Waals surface area contributed by atoms with Crippen LogP contribution >= 0.6 is 16.5 Å². The molecule has 0 bridgehead atoms. The summed E-state index contributed by atoms with van der Waals surface area (Å²) >= 11 is 0. The van der Waals surface area contributed by atoms with E-state index in [0.29, 0.717) is 0 Å². The van der Waals surface area contributed by atoms with Crippen LogP contribution in [0, 0.1) is 0 Å². The molecule has 0 aliphatic rings. The largest absolute Gasteiger partial charge is 1.00 e. The number of rotatable bonds is 6. The van der Waals surface area contributed by atoms with E-state index in [-0.39, 0.29) is 85.5 Å². The van der Waals surface area contributed by atoms with Gasteiger partial charge in [0.2, 0.25) is 0 Å². The topological polar surface area (TPSA) is 139 Å². The van der Waals surface area contributed by atoms with Crippen LogP contribution in [-0.4, -0.2) is 36.6 Å². The van der Waals surface area contributed by atoms with Crippen LogP contribution in [0.25, 0.3) is 0 Å². The third kappa shape index (κ3) is 36.0. The van der Waals surface area contributed by atoms with Crippen LogP contribution in [0.2, 0.25) is 0 Å². The first-order valence-corrected chi connectivity index (χ1v) is 5.88. The fourth-order valence-corrected chi connectivity index (χ4v) is 0.774. The van der Waals surface area contributed by atoms with Gasteiger partial charge in [-0.05, 0) is 0 Å². The molecule has 2 unspecified atom stereocenters. The van der Waals surface area contributed by atoms with Crippen LogP contribution in [0.5, 0.6) is 0 Å². The van der Waals surface area contributed by atoms with Crippen molar-refractivity contribution in [3.05, 3.63) is 0 Å². The van der Waals surface area contributed by atoms with E-state index in [1.165, 1.54) is 0 Å². The quantitative estimate of drug-likeness (QED) is 0.364. The fourth-order valence-electron chi connectivity index (χ4n) is 0.258. The number of hydrogen-bond donors (Lipinski definition) is 2. The summed E-state index contributed by atoms with van der Waals surface area (Å²) < 4.78 is 26.9. The van der Waals surface area contributed by atoms with E-state index in [9.17, 15) is 18.9 Å². The summed E-state index contributed by atoms with van der Waals surface area (Å²) in [5.41, 5.74) is 0. The molecule has 0 aromatic carbocycles. The van der Waals surface area contributed by atoms with Gasteiger partial charge in [0.15, 0.2) is 0 Å². The maximum Gasteiger partial charge on any atom is 1.00 e. The van der Waals surface area contributed by atoms with Gasteiger partial charge in [-0.25, -0.2) is 0 Å². The van der Waals surface area contributed by atoms with E-state index in [1.807, 2.05) is 0 Å². The maximum atomic E-state index is 9.50. The van der Waals surface area contributed by atoms with Crippen LogP contribution < -0.4 is 68.9 Å². The summed E-state index contributed by atoms with van der Waals surface area (Å²) in [7, 11) is -6.11. The normalized spacial score (nSPS) is 12.2. The van der Waals surface area contributed by atoms with Crippen molar-refractivity contribution >= 4 is 16.5 Å². The molecule has 0 heterocycles. The van der Waals surface area contributed by atoms with Gasteiger partial charge in [-0.3, -0.25) is 0 Å². The Kier molecular flexibility index (Phi) is 37.4. The summed E-state index contributed by atoms with van der Waals surface area (Å²) in [5.74, 6) is 0. The molecule has 0 aliphatic carbocycles. The minimum absolute atomic E-state index is 0. The summed E-state index contributed by atoms with van der Waals surface area (Å²) in [4.78, 5) is 19.0. The molecule has 0 radical (unpaired) electrons. The van der Waals surface area contributed by atoms with Gasteiger partial charge < -0.3 is 38.2 Å². The smallest absolute Gasteiger partial charge is 0.781 e. The number of aliphatic hydroxyl groups is 2. The zero-order valence-electron chi connectivity index (χ0n) is 9.17. The summed E-state index contributed by atoms with van der Waals surface area (Å²) in [5, 5.41) is 15.9. The van der Waals surface area contributed by atoms with Crippen LogP contribution in [0.4, 0.5) is 0 Å². The van der Waals surface area contributed by atoms with Gasteiger partial charge in [-0.15, -0.1) is 0 Å². The third-order valence-electron chi connectivity index (χ3n) is 0.622. The summed E-state index contributed by atoms with van der Waals surface area (Å²) in [6, 6.07) is 0. The monoisotopic (exact) mass is 296 g/mol. The molecular formula is C4H12Na2O8P2. The van der Waals surface area contributed by atoms with Crippen molar-refractivity contribution in [3.63, 3.8) is 0 Å². The SMILES string of the molecule is O=[PH]([O-])OCCO.O=[PH]([O-])OCCO.[Na+].[Na+]. The Labute approximate surface area is 139 Å². The van der Waals surface area contributed by atoms with Gasteiger partial charge in [-0.1, -0.05) is 0 Å². The minimum Gasteiger partial charge on any atom is -0.781 e. The Morgan fingerprint density at radius 3 is 1.19 bits per heavy atom. The Balaban J connectivity index is -0.0000000800. The molecule has 12 heteroatoms. The number of aliphatic hydroxyl groups excluding tert-OH is 2. The van der Waals surface area contributed by atoms with Crippen molar-refractivity contribution in [1.29, 1.82) is 0 Å². The Morgan fingerprint density at radius 2 is 1.12 bits per heavy atom. The van der Waals surface area contributed by atoms with E-state index in [0.717, 1.165) is 0 Å². The fraction of sp³-hybridized carbons (Fsp3) is 1.00. The van der Waals surface area contributed by atoms with Gasteiger partial charge in [0, 0.05) is 0 Å². The molecule has 0 aromatic rings. The predicted molar refractivity (Wildman–Crippen MR) is 44.1 cm³/mol. The summed E-state index contributed by atoms with van der Waals surface area (Å²) in [6.07, 6.45) is 0. The zero-order chi connectivity index (χ0) is 11.4. The summed E-state index contributed by atoms with van der Waals surface area (Å²) in [6.45, 7) is -0.750. The molecule has 8 nitrogen and oxygen atoms in total. The van der Waals surface area contributed by atoms with Crippen molar-refractivity contribution in [3.8, 4) is 0 Å². The van der Waals surface area contributed by atoms with Crippen molar-refractivity contribution < 1.29 is 97.3 Å². The Bertz CT molecular complexity index is 152. The van der Waals surface area contributed by atoms with Gasteiger partial charge in [0.1, 0.15) is 16.5 Å². The van der Waals surface area contributed by atoms with Crippen LogP contribution in [0.1, 0.15) is 0 Å². The van der Waals surface area contributed by atoms with E-state index in [1.54, 1.807) is 0 Å². The average Bonchev–Trinajstić information content (AvgIpc) is 2.12. The van der Waals surface area contributed by atoms with Crippen molar-refractivity contribution in [1.82, 2.24) is 0 Å². The molecule has 0 saturated heterocycles. The molecule has 0 aromatic heterocycles. The van der Waals surface area contributed by atoms with Crippen molar-refractivity contribution in [2.75, 3.05) is 26.4 Å². The van der Waals surface area contributed by atoms with Gasteiger partial charge in [0.05, 0.1) is 26.4 Å². The molecule has 0 fully saturated rings. The second-order valence-electron chi connectivity index (χ2n) is 1.64. The second kappa shape index (κ2) is 22.4. The second-order valence-corrected chi connectivity index (χ2v) is 3.22. The van der Waals surface area contributed by atoms with Gasteiger partial charge in [-0.2, -0.15) is 0 Å². The molecule has 0 rings (SSSR count). The van der Waals surface area contributed by atoms with E-state index < -0.39 is 16.5 Å². The molecular weight excluding hydrogens is 284 g/mol. The van der Waals surface area contributed by atoms with Crippen molar-refractivity contribution in [2.24, 2.45) is 0 Å². The minimum atomic E-state index is -3.06. The molecule has 16 heavy (non-hydrogen) atoms. The molecule has 0 amide bonds. The van der Waals surface area contributed by atoms with E-state index in [4.69, 9.17) is 10.2 Å². The molecule has 2 atom stereocenters. The third-order valence-corrected chi connectivity index (χ3v) is 1.50. The van der Waals surface area contributed by atoms with Crippen LogP contribution in [0.15, 0.2) is 0 Å². The zero-order valence-corrected chi connectivity index (χ0v) is 15.2.